The molecule has 0 spiro atoms. The molecule has 0 fully saturated rings. The summed E-state index contributed by atoms with van der Waals surface area (Å²) in [5.41, 5.74) is 5.85. The molecule has 7 heteroatoms. The number of rotatable bonds is 7. The SMILES string of the molecule is NC(=O)CCN(C(=O)COc1ccc(Cl)c(Cl)c1)c1ccccc1. The lowest BCUT2D eigenvalue weighted by atomic mass is 10.2. The van der Waals surface area contributed by atoms with Crippen LogP contribution in [0.3, 0.4) is 0 Å². The topological polar surface area (TPSA) is 72.6 Å². The first-order valence-corrected chi connectivity index (χ1v) is 7.94. The Morgan fingerprint density at radius 3 is 2.38 bits per heavy atom. The van der Waals surface area contributed by atoms with E-state index in [0.717, 1.165) is 0 Å². The van der Waals surface area contributed by atoms with Crippen LogP contribution in [0.1, 0.15) is 6.42 Å². The Labute approximate surface area is 149 Å². The van der Waals surface area contributed by atoms with E-state index in [1.807, 2.05) is 6.07 Å². The molecule has 2 amide bonds. The molecule has 0 saturated heterocycles. The molecule has 5 nitrogen and oxygen atoms in total. The van der Waals surface area contributed by atoms with Gasteiger partial charge in [-0.15, -0.1) is 0 Å². The average molecular weight is 367 g/mol. The highest BCUT2D eigenvalue weighted by atomic mass is 35.5. The minimum atomic E-state index is -0.478. The number of amides is 2. The van der Waals surface area contributed by atoms with Crippen LogP contribution in [0.2, 0.25) is 10.0 Å². The summed E-state index contributed by atoms with van der Waals surface area (Å²) < 4.78 is 5.46. The number of halogens is 2. The van der Waals surface area contributed by atoms with Gasteiger partial charge in [0.25, 0.3) is 5.91 Å². The molecular weight excluding hydrogens is 351 g/mol. The minimum absolute atomic E-state index is 0.0629. The van der Waals surface area contributed by atoms with Gasteiger partial charge in [0.1, 0.15) is 5.75 Å². The first-order chi connectivity index (χ1) is 11.5. The molecule has 2 aromatic carbocycles. The highest BCUT2D eigenvalue weighted by Crippen LogP contribution is 2.26. The zero-order valence-electron chi connectivity index (χ0n) is 12.7. The van der Waals surface area contributed by atoms with Crippen LogP contribution in [0, 0.1) is 0 Å². The van der Waals surface area contributed by atoms with Crippen molar-refractivity contribution in [2.45, 2.75) is 6.42 Å². The summed E-state index contributed by atoms with van der Waals surface area (Å²) in [4.78, 5) is 25.0. The van der Waals surface area contributed by atoms with Gasteiger partial charge < -0.3 is 15.4 Å². The number of anilines is 1. The maximum absolute atomic E-state index is 12.5. The monoisotopic (exact) mass is 366 g/mol. The standard InChI is InChI=1S/C17H16Cl2N2O3/c18-14-7-6-13(10-15(14)19)24-11-17(23)21(9-8-16(20)22)12-4-2-1-3-5-12/h1-7,10H,8-9,11H2,(H2,20,22). The molecule has 0 bridgehead atoms. The van der Waals surface area contributed by atoms with Crippen molar-refractivity contribution in [3.8, 4) is 5.75 Å². The molecule has 0 heterocycles. The largest absolute Gasteiger partial charge is 0.484 e. The number of carbonyl (C=O) groups excluding carboxylic acids is 2. The van der Waals surface area contributed by atoms with Gasteiger partial charge in [0.15, 0.2) is 6.61 Å². The minimum Gasteiger partial charge on any atom is -0.484 e. The maximum atomic E-state index is 12.5. The van der Waals surface area contributed by atoms with Gasteiger partial charge in [-0.3, -0.25) is 9.59 Å². The Hall–Kier alpha value is -2.24. The van der Waals surface area contributed by atoms with Crippen molar-refractivity contribution >= 4 is 40.7 Å². The first kappa shape index (κ1) is 18.1. The molecule has 0 unspecified atom stereocenters. The summed E-state index contributed by atoms with van der Waals surface area (Å²) in [6, 6.07) is 13.7. The second-order valence-electron chi connectivity index (χ2n) is 4.96. The lowest BCUT2D eigenvalue weighted by Gasteiger charge is -2.22. The molecule has 2 N–H and O–H groups in total. The normalized spacial score (nSPS) is 10.2. The van der Waals surface area contributed by atoms with Crippen LogP contribution in [0.5, 0.6) is 5.75 Å². The van der Waals surface area contributed by atoms with E-state index in [9.17, 15) is 9.59 Å². The number of nitrogens with two attached hydrogens (primary N) is 1. The highest BCUT2D eigenvalue weighted by Gasteiger charge is 2.17. The van der Waals surface area contributed by atoms with Crippen LogP contribution in [0.25, 0.3) is 0 Å². The zero-order valence-corrected chi connectivity index (χ0v) is 14.3. The fraction of sp³-hybridized carbons (Fsp3) is 0.176. The second kappa shape index (κ2) is 8.57. The summed E-state index contributed by atoms with van der Waals surface area (Å²) in [5.74, 6) is -0.344. The van der Waals surface area contributed by atoms with Gasteiger partial charge in [0.05, 0.1) is 10.0 Å². The van der Waals surface area contributed by atoms with Crippen LogP contribution < -0.4 is 15.4 Å². The zero-order chi connectivity index (χ0) is 17.5. The third kappa shape index (κ3) is 5.15. The van der Waals surface area contributed by atoms with Crippen molar-refractivity contribution < 1.29 is 14.3 Å². The number of hydrogen-bond acceptors (Lipinski definition) is 3. The highest BCUT2D eigenvalue weighted by molar-refractivity contribution is 6.42. The van der Waals surface area contributed by atoms with Gasteiger partial charge in [-0.25, -0.2) is 0 Å². The van der Waals surface area contributed by atoms with Crippen LogP contribution >= 0.6 is 23.2 Å². The molecule has 2 rings (SSSR count). The van der Waals surface area contributed by atoms with Crippen molar-refractivity contribution in [3.05, 3.63) is 58.6 Å². The van der Waals surface area contributed by atoms with Gasteiger partial charge in [0, 0.05) is 24.7 Å². The molecule has 0 radical (unpaired) electrons. The number of ether oxygens (including phenoxy) is 1. The Kier molecular flexibility index (Phi) is 6.46. The summed E-state index contributed by atoms with van der Waals surface area (Å²) in [6.07, 6.45) is 0.0629. The van der Waals surface area contributed by atoms with Crippen molar-refractivity contribution in [2.75, 3.05) is 18.1 Å². The van der Waals surface area contributed by atoms with Crippen molar-refractivity contribution in [2.24, 2.45) is 5.73 Å². The van der Waals surface area contributed by atoms with E-state index in [1.54, 1.807) is 36.4 Å². The van der Waals surface area contributed by atoms with Crippen LogP contribution in [0.4, 0.5) is 5.69 Å². The molecule has 24 heavy (non-hydrogen) atoms. The quantitative estimate of drug-likeness (QED) is 0.816. The summed E-state index contributed by atoms with van der Waals surface area (Å²) >= 11 is 11.8. The lowest BCUT2D eigenvalue weighted by Crippen LogP contribution is -2.37. The predicted octanol–water partition coefficient (Wildman–Crippen LogP) is 3.28. The third-order valence-electron chi connectivity index (χ3n) is 3.20. The third-order valence-corrected chi connectivity index (χ3v) is 3.94. The van der Waals surface area contributed by atoms with E-state index in [4.69, 9.17) is 33.7 Å². The van der Waals surface area contributed by atoms with Gasteiger partial charge in [-0.05, 0) is 24.3 Å². The molecule has 0 aliphatic heterocycles. The van der Waals surface area contributed by atoms with Crippen molar-refractivity contribution in [3.63, 3.8) is 0 Å². The molecule has 126 valence electrons. The molecule has 0 atom stereocenters. The summed E-state index contributed by atoms with van der Waals surface area (Å²) in [5, 5.41) is 0.748. The number of hydrogen-bond donors (Lipinski definition) is 1. The van der Waals surface area contributed by atoms with Gasteiger partial charge in [0.2, 0.25) is 5.91 Å². The molecule has 0 aliphatic carbocycles. The first-order valence-electron chi connectivity index (χ1n) is 7.19. The lowest BCUT2D eigenvalue weighted by molar-refractivity contribution is -0.120. The van der Waals surface area contributed by atoms with E-state index in [0.29, 0.717) is 21.5 Å². The molecule has 2 aromatic rings. The van der Waals surface area contributed by atoms with E-state index < -0.39 is 5.91 Å². The Bertz CT molecular complexity index is 723. The Morgan fingerprint density at radius 2 is 1.75 bits per heavy atom. The maximum Gasteiger partial charge on any atom is 0.264 e. The number of nitrogens with zero attached hydrogens (tertiary/aromatic N) is 1. The molecular formula is C17H16Cl2N2O3. The van der Waals surface area contributed by atoms with Gasteiger partial charge in [-0.1, -0.05) is 41.4 Å². The van der Waals surface area contributed by atoms with E-state index in [1.165, 1.54) is 11.0 Å². The number of primary amides is 1. The fourth-order valence-electron chi connectivity index (χ4n) is 2.02. The second-order valence-corrected chi connectivity index (χ2v) is 5.78. The van der Waals surface area contributed by atoms with Gasteiger partial charge in [-0.2, -0.15) is 0 Å². The van der Waals surface area contributed by atoms with Crippen molar-refractivity contribution in [1.82, 2.24) is 0 Å². The summed E-state index contributed by atoms with van der Waals surface area (Å²) in [7, 11) is 0. The van der Waals surface area contributed by atoms with Crippen molar-refractivity contribution in [1.29, 1.82) is 0 Å². The Morgan fingerprint density at radius 1 is 1.04 bits per heavy atom. The molecule has 0 saturated carbocycles. The predicted molar refractivity (Wildman–Crippen MR) is 94.6 cm³/mol. The fourth-order valence-corrected chi connectivity index (χ4v) is 2.31. The molecule has 0 aromatic heterocycles. The number of carbonyl (C=O) groups is 2. The smallest absolute Gasteiger partial charge is 0.264 e. The molecule has 0 aliphatic rings. The number of benzene rings is 2. The van der Waals surface area contributed by atoms with Crippen LogP contribution in [-0.4, -0.2) is 25.0 Å². The van der Waals surface area contributed by atoms with Crippen LogP contribution in [0.15, 0.2) is 48.5 Å². The van der Waals surface area contributed by atoms with E-state index in [2.05, 4.69) is 0 Å². The number of para-hydroxylation sites is 1. The summed E-state index contributed by atoms with van der Waals surface area (Å²) in [6.45, 7) is -0.0193. The van der Waals surface area contributed by atoms with E-state index in [-0.39, 0.29) is 25.5 Å². The van der Waals surface area contributed by atoms with Gasteiger partial charge >= 0.3 is 0 Å². The average Bonchev–Trinajstić information content (AvgIpc) is 2.57. The van der Waals surface area contributed by atoms with E-state index >= 15 is 0 Å². The Balaban J connectivity index is 2.06. The van der Waals surface area contributed by atoms with Crippen LogP contribution in [-0.2, 0) is 9.59 Å².